The molecule has 0 saturated heterocycles. The number of hydrogen-bond acceptors (Lipinski definition) is 4. The minimum atomic E-state index is -3.56. The maximum Gasteiger partial charge on any atom is 0.273 e. The van der Waals surface area contributed by atoms with Crippen LogP contribution in [-0.4, -0.2) is 20.9 Å². The number of thiophene rings is 1. The van der Waals surface area contributed by atoms with E-state index in [1.165, 1.54) is 15.6 Å². The molecule has 1 N–H and O–H groups in total. The highest BCUT2D eigenvalue weighted by atomic mass is 79.9. The molecule has 144 valence electrons. The van der Waals surface area contributed by atoms with E-state index in [0.717, 1.165) is 22.9 Å². The van der Waals surface area contributed by atoms with Crippen LogP contribution in [0.5, 0.6) is 0 Å². The maximum absolute atomic E-state index is 13.0. The Balaban J connectivity index is 1.62. The Morgan fingerprint density at radius 1 is 1.11 bits per heavy atom. The highest BCUT2D eigenvalue weighted by molar-refractivity contribution is 9.10. The molecular weight excluding hydrogens is 460 g/mol. The number of fused-ring (bicyclic) bond motifs is 1. The van der Waals surface area contributed by atoms with E-state index in [2.05, 4.69) is 21.2 Å². The number of halogens is 1. The van der Waals surface area contributed by atoms with Gasteiger partial charge in [0.05, 0.1) is 11.3 Å². The first-order chi connectivity index (χ1) is 13.5. The van der Waals surface area contributed by atoms with Crippen molar-refractivity contribution in [3.63, 3.8) is 0 Å². The summed E-state index contributed by atoms with van der Waals surface area (Å²) in [4.78, 5) is 12.5. The predicted octanol–water partition coefficient (Wildman–Crippen LogP) is 4.90. The van der Waals surface area contributed by atoms with Gasteiger partial charge in [-0.25, -0.2) is 8.42 Å². The molecule has 1 aliphatic rings. The number of benzene rings is 2. The second-order valence-corrected chi connectivity index (χ2v) is 10.3. The van der Waals surface area contributed by atoms with E-state index in [9.17, 15) is 13.2 Å². The van der Waals surface area contributed by atoms with Crippen molar-refractivity contribution in [2.24, 2.45) is 0 Å². The molecule has 0 unspecified atom stereocenters. The molecule has 1 aromatic heterocycles. The number of anilines is 2. The summed E-state index contributed by atoms with van der Waals surface area (Å²) >= 11 is 4.60. The topological polar surface area (TPSA) is 66.5 Å². The number of nitrogens with one attached hydrogen (secondary N) is 1. The van der Waals surface area contributed by atoms with Crippen LogP contribution >= 0.6 is 27.3 Å². The van der Waals surface area contributed by atoms with E-state index < -0.39 is 10.0 Å². The van der Waals surface area contributed by atoms with E-state index >= 15 is 0 Å². The fourth-order valence-corrected chi connectivity index (χ4v) is 6.36. The van der Waals surface area contributed by atoms with Gasteiger partial charge >= 0.3 is 0 Å². The lowest BCUT2D eigenvalue weighted by atomic mass is 10.0. The van der Waals surface area contributed by atoms with Crippen molar-refractivity contribution < 1.29 is 13.2 Å². The summed E-state index contributed by atoms with van der Waals surface area (Å²) in [6.45, 7) is 0.454. The van der Waals surface area contributed by atoms with E-state index in [0.29, 0.717) is 27.7 Å². The molecule has 3 aromatic rings. The first-order valence-corrected chi connectivity index (χ1v) is 11.8. The van der Waals surface area contributed by atoms with Crippen molar-refractivity contribution in [2.75, 3.05) is 16.2 Å². The van der Waals surface area contributed by atoms with E-state index in [-0.39, 0.29) is 5.91 Å². The number of amides is 1. The summed E-state index contributed by atoms with van der Waals surface area (Å²) < 4.78 is 28.4. The fourth-order valence-electron chi connectivity index (χ4n) is 3.25. The summed E-state index contributed by atoms with van der Waals surface area (Å²) in [5.74, 6) is -0.216. The van der Waals surface area contributed by atoms with Gasteiger partial charge in [-0.05, 0) is 76.1 Å². The zero-order valence-corrected chi connectivity index (χ0v) is 18.0. The Bertz CT molecular complexity index is 1130. The molecule has 0 bridgehead atoms. The van der Waals surface area contributed by atoms with Gasteiger partial charge in [0.15, 0.2) is 0 Å². The van der Waals surface area contributed by atoms with Gasteiger partial charge in [0.2, 0.25) is 0 Å². The van der Waals surface area contributed by atoms with Crippen molar-refractivity contribution in [1.29, 1.82) is 0 Å². The zero-order valence-electron chi connectivity index (χ0n) is 14.8. The van der Waals surface area contributed by atoms with Crippen LogP contribution in [0.15, 0.2) is 68.7 Å². The van der Waals surface area contributed by atoms with Gasteiger partial charge in [-0.1, -0.05) is 18.2 Å². The normalized spacial score (nSPS) is 13.8. The van der Waals surface area contributed by atoms with Crippen LogP contribution in [0.3, 0.4) is 0 Å². The molecule has 0 spiro atoms. The summed E-state index contributed by atoms with van der Waals surface area (Å²) in [7, 11) is -3.56. The largest absolute Gasteiger partial charge is 0.322 e. The molecule has 4 rings (SSSR count). The molecule has 1 aliphatic heterocycles. The Labute approximate surface area is 176 Å². The first-order valence-electron chi connectivity index (χ1n) is 8.72. The van der Waals surface area contributed by atoms with Crippen molar-refractivity contribution >= 4 is 54.6 Å². The van der Waals surface area contributed by atoms with Crippen LogP contribution in [-0.2, 0) is 16.4 Å². The Kier molecular flexibility index (Phi) is 5.27. The van der Waals surface area contributed by atoms with Crippen molar-refractivity contribution in [3.05, 3.63) is 75.6 Å². The third-order valence-corrected chi connectivity index (χ3v) is 8.45. The predicted molar refractivity (Wildman–Crippen MR) is 116 cm³/mol. The average molecular weight is 477 g/mol. The third-order valence-electron chi connectivity index (χ3n) is 4.57. The lowest BCUT2D eigenvalue weighted by Gasteiger charge is -2.30. The molecule has 2 heterocycles. The molecule has 8 heteroatoms. The van der Waals surface area contributed by atoms with Crippen LogP contribution in [0.25, 0.3) is 0 Å². The van der Waals surface area contributed by atoms with E-state index in [1.54, 1.807) is 41.8 Å². The Morgan fingerprint density at radius 3 is 2.68 bits per heavy atom. The molecule has 28 heavy (non-hydrogen) atoms. The number of hydrogen-bond donors (Lipinski definition) is 1. The number of aryl methyl sites for hydroxylation is 1. The monoisotopic (exact) mass is 476 g/mol. The van der Waals surface area contributed by atoms with Crippen LogP contribution in [0, 0.1) is 0 Å². The standard InChI is InChI=1S/C20H17BrN2O3S2/c21-17-7-2-1-6-16(17)20(24)22-15-9-10-18-14(13-15)5-3-11-23(18)28(25,26)19-8-4-12-27-19/h1-2,4,6-10,12-13H,3,5,11H2,(H,22,24). The Hall–Kier alpha value is -2.16. The number of rotatable bonds is 4. The highest BCUT2D eigenvalue weighted by Gasteiger charge is 2.30. The van der Waals surface area contributed by atoms with Crippen molar-refractivity contribution in [1.82, 2.24) is 0 Å². The second-order valence-electron chi connectivity index (χ2n) is 6.39. The molecule has 2 aromatic carbocycles. The van der Waals surface area contributed by atoms with Crippen LogP contribution < -0.4 is 9.62 Å². The lowest BCUT2D eigenvalue weighted by molar-refractivity contribution is 0.102. The van der Waals surface area contributed by atoms with E-state index in [1.807, 2.05) is 18.2 Å². The van der Waals surface area contributed by atoms with Crippen LogP contribution in [0.2, 0.25) is 0 Å². The summed E-state index contributed by atoms with van der Waals surface area (Å²) in [6, 6.07) is 16.0. The van der Waals surface area contributed by atoms with Gasteiger partial charge in [-0.3, -0.25) is 9.10 Å². The third kappa shape index (κ3) is 3.59. The zero-order chi connectivity index (χ0) is 19.7. The van der Waals surface area contributed by atoms with Gasteiger partial charge in [0, 0.05) is 16.7 Å². The van der Waals surface area contributed by atoms with Gasteiger partial charge < -0.3 is 5.32 Å². The molecule has 5 nitrogen and oxygen atoms in total. The van der Waals surface area contributed by atoms with E-state index in [4.69, 9.17) is 0 Å². The smallest absolute Gasteiger partial charge is 0.273 e. The molecule has 0 radical (unpaired) electrons. The van der Waals surface area contributed by atoms with Crippen molar-refractivity contribution in [2.45, 2.75) is 17.1 Å². The molecule has 0 saturated carbocycles. The van der Waals surface area contributed by atoms with Gasteiger partial charge in [0.1, 0.15) is 4.21 Å². The van der Waals surface area contributed by atoms with Crippen molar-refractivity contribution in [3.8, 4) is 0 Å². The molecule has 0 aliphatic carbocycles. The van der Waals surface area contributed by atoms with Crippen LogP contribution in [0.4, 0.5) is 11.4 Å². The minimum absolute atomic E-state index is 0.216. The molecule has 0 fully saturated rings. The summed E-state index contributed by atoms with van der Waals surface area (Å²) in [5.41, 5.74) is 2.78. The quantitative estimate of drug-likeness (QED) is 0.581. The average Bonchev–Trinajstić information content (AvgIpc) is 3.23. The minimum Gasteiger partial charge on any atom is -0.322 e. The van der Waals surface area contributed by atoms with Gasteiger partial charge in [0.25, 0.3) is 15.9 Å². The van der Waals surface area contributed by atoms with Gasteiger partial charge in [-0.2, -0.15) is 0 Å². The number of carbonyl (C=O) groups excluding carboxylic acids is 1. The fraction of sp³-hybridized carbons (Fsp3) is 0.150. The molecular formula is C20H17BrN2O3S2. The first kappa shape index (κ1) is 19.2. The Morgan fingerprint density at radius 2 is 1.93 bits per heavy atom. The van der Waals surface area contributed by atoms with Gasteiger partial charge in [-0.15, -0.1) is 11.3 Å². The SMILES string of the molecule is O=C(Nc1ccc2c(c1)CCCN2S(=O)(=O)c1cccs1)c1ccccc1Br. The van der Waals surface area contributed by atoms with Crippen LogP contribution in [0.1, 0.15) is 22.3 Å². The maximum atomic E-state index is 13.0. The highest BCUT2D eigenvalue weighted by Crippen LogP contribution is 2.35. The molecule has 1 amide bonds. The number of sulfonamides is 1. The second kappa shape index (κ2) is 7.69. The number of carbonyl (C=O) groups is 1. The molecule has 0 atom stereocenters. The summed E-state index contributed by atoms with van der Waals surface area (Å²) in [6.07, 6.45) is 1.50. The number of nitrogens with zero attached hydrogens (tertiary/aromatic N) is 1. The lowest BCUT2D eigenvalue weighted by Crippen LogP contribution is -2.35. The summed E-state index contributed by atoms with van der Waals surface area (Å²) in [5, 5.41) is 4.66.